The lowest BCUT2D eigenvalue weighted by molar-refractivity contribution is -0.288. The van der Waals surface area contributed by atoms with Gasteiger partial charge in [0, 0.05) is 11.3 Å². The van der Waals surface area contributed by atoms with Crippen molar-refractivity contribution in [3.63, 3.8) is 0 Å². The van der Waals surface area contributed by atoms with Crippen LogP contribution in [0.2, 0.25) is 0 Å². The summed E-state index contributed by atoms with van der Waals surface area (Å²) >= 11 is 1.71. The van der Waals surface area contributed by atoms with Gasteiger partial charge in [-0.25, -0.2) is 0 Å². The van der Waals surface area contributed by atoms with E-state index < -0.39 is 18.5 Å². The van der Waals surface area contributed by atoms with Gasteiger partial charge in [0.2, 0.25) is 0 Å². The predicted molar refractivity (Wildman–Crippen MR) is 75.0 cm³/mol. The van der Waals surface area contributed by atoms with Crippen molar-refractivity contribution in [1.82, 2.24) is 0 Å². The van der Waals surface area contributed by atoms with E-state index >= 15 is 0 Å². The average Bonchev–Trinajstić information content (AvgIpc) is 2.47. The van der Waals surface area contributed by atoms with Crippen LogP contribution in [-0.4, -0.2) is 46.6 Å². The number of ether oxygens (including phenoxy) is 2. The number of aliphatic hydroxyl groups is 2. The van der Waals surface area contributed by atoms with E-state index in [0.29, 0.717) is 5.75 Å². The number of hydrogen-bond acceptors (Lipinski definition) is 5. The molecule has 0 saturated carbocycles. The van der Waals surface area contributed by atoms with Crippen LogP contribution in [0, 0.1) is 0 Å². The fourth-order valence-corrected chi connectivity index (χ4v) is 2.78. The summed E-state index contributed by atoms with van der Waals surface area (Å²) in [6.45, 7) is 1.86. The third-order valence-electron chi connectivity index (χ3n) is 3.10. The molecule has 0 aliphatic carbocycles. The zero-order valence-corrected chi connectivity index (χ0v) is 11.8. The summed E-state index contributed by atoms with van der Waals surface area (Å²) in [6, 6.07) is 9.59. The maximum Gasteiger partial charge on any atom is 0.184 e. The number of rotatable bonds is 5. The lowest BCUT2D eigenvalue weighted by Gasteiger charge is -2.39. The van der Waals surface area contributed by atoms with E-state index in [4.69, 9.17) is 9.47 Å². The Bertz CT molecular complexity index is 373. The first-order chi connectivity index (χ1) is 9.26. The fraction of sp³-hybridized carbons (Fsp3) is 0.571. The molecule has 1 aliphatic rings. The second kappa shape index (κ2) is 7.26. The van der Waals surface area contributed by atoms with Gasteiger partial charge in [-0.3, -0.25) is 0 Å². The summed E-state index contributed by atoms with van der Waals surface area (Å²) in [4.78, 5) is 0. The van der Waals surface area contributed by atoms with Gasteiger partial charge in [0.05, 0.1) is 12.7 Å². The second-order valence-corrected chi connectivity index (χ2v) is 5.74. The zero-order chi connectivity index (χ0) is 13.7. The second-order valence-electron chi connectivity index (χ2n) is 4.42. The van der Waals surface area contributed by atoms with Gasteiger partial charge < -0.3 is 19.7 Å². The molecule has 19 heavy (non-hydrogen) atoms. The molecular weight excluding hydrogens is 264 g/mol. The molecule has 1 aromatic carbocycles. The van der Waals surface area contributed by atoms with E-state index in [1.807, 2.05) is 30.3 Å². The number of aliphatic hydroxyl groups excluding tert-OH is 2. The highest BCUT2D eigenvalue weighted by molar-refractivity contribution is 7.99. The Kier molecular flexibility index (Phi) is 5.66. The van der Waals surface area contributed by atoms with Gasteiger partial charge >= 0.3 is 0 Å². The van der Waals surface area contributed by atoms with Gasteiger partial charge in [-0.2, -0.15) is 11.8 Å². The minimum absolute atomic E-state index is 0.207. The Morgan fingerprint density at radius 2 is 1.84 bits per heavy atom. The van der Waals surface area contributed by atoms with Crippen LogP contribution in [0.25, 0.3) is 0 Å². The van der Waals surface area contributed by atoms with E-state index in [0.717, 1.165) is 11.3 Å². The summed E-state index contributed by atoms with van der Waals surface area (Å²) in [7, 11) is 0. The molecule has 106 valence electrons. The zero-order valence-electron chi connectivity index (χ0n) is 10.9. The van der Waals surface area contributed by atoms with Gasteiger partial charge in [-0.15, -0.1) is 0 Å². The van der Waals surface area contributed by atoms with E-state index in [-0.39, 0.29) is 12.7 Å². The summed E-state index contributed by atoms with van der Waals surface area (Å²) in [5.41, 5.74) is 0.902. The average molecular weight is 284 g/mol. The highest BCUT2D eigenvalue weighted by atomic mass is 32.2. The van der Waals surface area contributed by atoms with Crippen LogP contribution in [0.15, 0.2) is 30.3 Å². The van der Waals surface area contributed by atoms with Gasteiger partial charge in [0.25, 0.3) is 0 Å². The molecule has 4 unspecified atom stereocenters. The number of hydrogen-bond donors (Lipinski definition) is 2. The summed E-state index contributed by atoms with van der Waals surface area (Å²) in [5, 5.41) is 19.4. The Morgan fingerprint density at radius 3 is 2.47 bits per heavy atom. The maximum absolute atomic E-state index is 10.1. The van der Waals surface area contributed by atoms with E-state index in [1.165, 1.54) is 0 Å². The molecule has 2 rings (SSSR count). The van der Waals surface area contributed by atoms with Crippen molar-refractivity contribution in [2.75, 3.05) is 18.1 Å². The van der Waals surface area contributed by atoms with E-state index in [9.17, 15) is 10.2 Å². The molecule has 1 saturated heterocycles. The summed E-state index contributed by atoms with van der Waals surface area (Å²) < 4.78 is 11.4. The van der Waals surface area contributed by atoms with Crippen LogP contribution >= 0.6 is 11.8 Å². The van der Waals surface area contributed by atoms with Crippen LogP contribution in [0.4, 0.5) is 0 Å². The molecule has 1 heterocycles. The quantitative estimate of drug-likeness (QED) is 0.859. The molecule has 4 atom stereocenters. The van der Waals surface area contributed by atoms with Crippen LogP contribution in [0.1, 0.15) is 18.8 Å². The normalized spacial score (nSPS) is 31.3. The standard InChI is InChI=1S/C14H20O4S/c1-2-19-9-12-13(16)11(8-15)17-14(18-12)10-6-4-3-5-7-10/h3-7,11-16H,2,8-9H2,1H3. The van der Waals surface area contributed by atoms with Gasteiger partial charge in [-0.1, -0.05) is 37.3 Å². The first-order valence-electron chi connectivity index (χ1n) is 6.48. The minimum Gasteiger partial charge on any atom is -0.394 e. The Hall–Kier alpha value is -0.590. The van der Waals surface area contributed by atoms with Crippen LogP contribution in [-0.2, 0) is 9.47 Å². The van der Waals surface area contributed by atoms with Crippen molar-refractivity contribution in [3.8, 4) is 0 Å². The molecule has 2 N–H and O–H groups in total. The Balaban J connectivity index is 2.09. The lowest BCUT2D eigenvalue weighted by atomic mass is 10.1. The largest absolute Gasteiger partial charge is 0.394 e. The Labute approximate surface area is 117 Å². The molecule has 0 radical (unpaired) electrons. The molecule has 1 aromatic rings. The molecule has 0 aromatic heterocycles. The minimum atomic E-state index is -0.788. The van der Waals surface area contributed by atoms with Crippen molar-refractivity contribution < 1.29 is 19.7 Å². The molecule has 1 fully saturated rings. The highest BCUT2D eigenvalue weighted by Crippen LogP contribution is 2.31. The van der Waals surface area contributed by atoms with Crippen molar-refractivity contribution in [1.29, 1.82) is 0 Å². The third-order valence-corrected chi connectivity index (χ3v) is 4.07. The van der Waals surface area contributed by atoms with E-state index in [2.05, 4.69) is 6.92 Å². The van der Waals surface area contributed by atoms with Crippen molar-refractivity contribution in [3.05, 3.63) is 35.9 Å². The fourth-order valence-electron chi connectivity index (χ4n) is 2.04. The van der Waals surface area contributed by atoms with Crippen LogP contribution in [0.3, 0.4) is 0 Å². The molecule has 5 heteroatoms. The van der Waals surface area contributed by atoms with Gasteiger partial charge in [0.15, 0.2) is 6.29 Å². The molecule has 4 nitrogen and oxygen atoms in total. The topological polar surface area (TPSA) is 58.9 Å². The third kappa shape index (κ3) is 3.70. The summed E-state index contributed by atoms with van der Waals surface area (Å²) in [5.74, 6) is 1.66. The van der Waals surface area contributed by atoms with Gasteiger partial charge in [0.1, 0.15) is 12.2 Å². The van der Waals surface area contributed by atoms with Crippen LogP contribution in [0.5, 0.6) is 0 Å². The van der Waals surface area contributed by atoms with Crippen LogP contribution < -0.4 is 0 Å². The van der Waals surface area contributed by atoms with Crippen molar-refractivity contribution >= 4 is 11.8 Å². The smallest absolute Gasteiger partial charge is 0.184 e. The summed E-state index contributed by atoms with van der Waals surface area (Å²) in [6.07, 6.45) is -2.23. The molecule has 1 aliphatic heterocycles. The first kappa shape index (κ1) is 14.8. The van der Waals surface area contributed by atoms with Gasteiger partial charge in [-0.05, 0) is 5.75 Å². The number of benzene rings is 1. The Morgan fingerprint density at radius 1 is 1.16 bits per heavy atom. The molecule has 0 spiro atoms. The lowest BCUT2D eigenvalue weighted by Crippen LogP contribution is -2.50. The number of thioether (sulfide) groups is 1. The predicted octanol–water partition coefficient (Wildman–Crippen LogP) is 1.58. The SMILES string of the molecule is CCSCC1OC(c2ccccc2)OC(CO)C1O. The van der Waals surface area contributed by atoms with Crippen molar-refractivity contribution in [2.45, 2.75) is 31.5 Å². The molecule has 0 bridgehead atoms. The highest BCUT2D eigenvalue weighted by Gasteiger charge is 2.38. The molecule has 0 amide bonds. The molecular formula is C14H20O4S. The van der Waals surface area contributed by atoms with Crippen molar-refractivity contribution in [2.24, 2.45) is 0 Å². The first-order valence-corrected chi connectivity index (χ1v) is 7.64. The van der Waals surface area contributed by atoms with E-state index in [1.54, 1.807) is 11.8 Å². The maximum atomic E-state index is 10.1. The monoisotopic (exact) mass is 284 g/mol.